The molecule has 0 atom stereocenters. The van der Waals surface area contributed by atoms with Gasteiger partial charge < -0.3 is 10.4 Å². The predicted octanol–water partition coefficient (Wildman–Crippen LogP) is 7.43. The zero-order chi connectivity index (χ0) is 21.9. The number of thiocarbonyl (C=S) groups is 1. The number of hydrogen-bond acceptors (Lipinski definition) is 3. The zero-order valence-electron chi connectivity index (χ0n) is 18.6. The largest absolute Gasteiger partial charge is 0.507 e. The lowest BCUT2D eigenvalue weighted by atomic mass is 10.0. The molecular weight excluding hydrogens is 458 g/mol. The van der Waals surface area contributed by atoms with E-state index in [2.05, 4.69) is 38.7 Å². The average Bonchev–Trinajstić information content (AvgIpc) is 2.73. The number of aromatic hydroxyl groups is 1. The Labute approximate surface area is 197 Å². The van der Waals surface area contributed by atoms with Crippen molar-refractivity contribution < 1.29 is 5.11 Å². The number of phenols is 1. The first-order chi connectivity index (χ1) is 14.6. The number of rotatable bonds is 17. The highest BCUT2D eigenvalue weighted by Gasteiger charge is 1.99. The van der Waals surface area contributed by atoms with E-state index in [0.29, 0.717) is 10.7 Å². The molecule has 0 saturated carbocycles. The summed E-state index contributed by atoms with van der Waals surface area (Å²) in [6.07, 6.45) is 20.6. The number of unbranched alkanes of at least 4 members (excludes halogenated alkanes) is 13. The van der Waals surface area contributed by atoms with Gasteiger partial charge in [0.15, 0.2) is 5.11 Å². The predicted molar refractivity (Wildman–Crippen MR) is 137 cm³/mol. The summed E-state index contributed by atoms with van der Waals surface area (Å²) >= 11 is 8.59. The first-order valence-corrected chi connectivity index (χ1v) is 12.9. The molecule has 0 fully saturated rings. The van der Waals surface area contributed by atoms with Gasteiger partial charge >= 0.3 is 0 Å². The molecule has 0 aliphatic heterocycles. The van der Waals surface area contributed by atoms with Crippen molar-refractivity contribution in [3.8, 4) is 5.75 Å². The van der Waals surface area contributed by atoms with Crippen LogP contribution in [-0.2, 0) is 0 Å². The van der Waals surface area contributed by atoms with Crippen molar-refractivity contribution in [2.75, 3.05) is 6.54 Å². The molecule has 30 heavy (non-hydrogen) atoms. The van der Waals surface area contributed by atoms with Crippen LogP contribution in [0, 0.1) is 0 Å². The van der Waals surface area contributed by atoms with Gasteiger partial charge in [0, 0.05) is 16.6 Å². The topological polar surface area (TPSA) is 56.7 Å². The van der Waals surface area contributed by atoms with Crippen LogP contribution >= 0.6 is 28.1 Å². The van der Waals surface area contributed by atoms with Crippen molar-refractivity contribution in [3.05, 3.63) is 28.2 Å². The van der Waals surface area contributed by atoms with Crippen LogP contribution in [0.2, 0.25) is 0 Å². The van der Waals surface area contributed by atoms with E-state index in [1.807, 2.05) is 0 Å². The normalized spacial score (nSPS) is 11.1. The summed E-state index contributed by atoms with van der Waals surface area (Å²) in [4.78, 5) is 0. The average molecular weight is 499 g/mol. The molecule has 3 N–H and O–H groups in total. The number of nitrogens with one attached hydrogen (secondary N) is 2. The standard InChI is InChI=1S/C24H40BrN3OS/c1-2-3-4-5-6-7-8-9-10-11-12-13-14-15-18-26-24(30)28-27-20-21-19-22(25)16-17-23(21)29/h16-17,19-20,29H,2-15,18H2,1H3,(H2,26,28,30)/b27-20+. The van der Waals surface area contributed by atoms with E-state index in [-0.39, 0.29) is 5.75 Å². The Hall–Kier alpha value is -1.14. The Kier molecular flexibility index (Phi) is 16.7. The fourth-order valence-corrected chi connectivity index (χ4v) is 3.88. The minimum absolute atomic E-state index is 0.185. The van der Waals surface area contributed by atoms with Gasteiger partial charge in [0.25, 0.3) is 0 Å². The highest BCUT2D eigenvalue weighted by atomic mass is 79.9. The molecule has 0 aliphatic rings. The van der Waals surface area contributed by atoms with Crippen molar-refractivity contribution in [1.29, 1.82) is 0 Å². The first kappa shape index (κ1) is 26.9. The maximum Gasteiger partial charge on any atom is 0.186 e. The minimum Gasteiger partial charge on any atom is -0.507 e. The number of halogens is 1. The lowest BCUT2D eigenvalue weighted by Crippen LogP contribution is -2.32. The summed E-state index contributed by atoms with van der Waals surface area (Å²) in [5, 5.41) is 17.5. The number of hydrazone groups is 1. The van der Waals surface area contributed by atoms with Crippen molar-refractivity contribution in [2.24, 2.45) is 5.10 Å². The molecule has 4 nitrogen and oxygen atoms in total. The lowest BCUT2D eigenvalue weighted by molar-refractivity contribution is 0.474. The van der Waals surface area contributed by atoms with E-state index < -0.39 is 0 Å². The molecule has 0 aromatic heterocycles. The van der Waals surface area contributed by atoms with E-state index in [4.69, 9.17) is 12.2 Å². The second-order valence-electron chi connectivity index (χ2n) is 7.93. The Balaban J connectivity index is 1.89. The number of phenolic OH excluding ortho intramolecular Hbond substituents is 1. The summed E-state index contributed by atoms with van der Waals surface area (Å²) in [7, 11) is 0. The third-order valence-corrected chi connectivity index (χ3v) is 5.90. The van der Waals surface area contributed by atoms with Crippen molar-refractivity contribution in [3.63, 3.8) is 0 Å². The van der Waals surface area contributed by atoms with Gasteiger partial charge in [-0.25, -0.2) is 0 Å². The Bertz CT molecular complexity index is 610. The highest BCUT2D eigenvalue weighted by molar-refractivity contribution is 9.10. The fraction of sp³-hybridized carbons (Fsp3) is 0.667. The molecule has 0 radical (unpaired) electrons. The van der Waals surface area contributed by atoms with E-state index in [0.717, 1.165) is 17.4 Å². The molecule has 0 heterocycles. The van der Waals surface area contributed by atoms with Crippen LogP contribution in [-0.4, -0.2) is 23.0 Å². The van der Waals surface area contributed by atoms with Crippen LogP contribution in [0.25, 0.3) is 0 Å². The second kappa shape index (κ2) is 18.6. The molecule has 0 aliphatic carbocycles. The van der Waals surface area contributed by atoms with E-state index in [9.17, 15) is 5.11 Å². The molecule has 0 unspecified atom stereocenters. The number of hydrogen-bond donors (Lipinski definition) is 3. The molecule has 0 amide bonds. The van der Waals surface area contributed by atoms with Crippen LogP contribution in [0.1, 0.15) is 102 Å². The smallest absolute Gasteiger partial charge is 0.186 e. The van der Waals surface area contributed by atoms with Crippen LogP contribution in [0.5, 0.6) is 5.75 Å². The summed E-state index contributed by atoms with van der Waals surface area (Å²) < 4.78 is 0.889. The van der Waals surface area contributed by atoms with E-state index in [1.165, 1.54) is 83.5 Å². The van der Waals surface area contributed by atoms with Gasteiger partial charge in [-0.1, -0.05) is 106 Å². The highest BCUT2D eigenvalue weighted by Crippen LogP contribution is 2.19. The van der Waals surface area contributed by atoms with Gasteiger partial charge in [-0.2, -0.15) is 5.10 Å². The molecule has 6 heteroatoms. The fourth-order valence-electron chi connectivity index (χ4n) is 3.35. The van der Waals surface area contributed by atoms with E-state index >= 15 is 0 Å². The third kappa shape index (κ3) is 14.8. The van der Waals surface area contributed by atoms with Crippen LogP contribution in [0.4, 0.5) is 0 Å². The maximum absolute atomic E-state index is 9.76. The Morgan fingerprint density at radius 2 is 1.47 bits per heavy atom. The molecule has 170 valence electrons. The molecular formula is C24H40BrN3OS. The third-order valence-electron chi connectivity index (χ3n) is 5.18. The van der Waals surface area contributed by atoms with E-state index in [1.54, 1.807) is 24.4 Å². The summed E-state index contributed by atoms with van der Waals surface area (Å²) in [5.41, 5.74) is 3.42. The molecule has 1 aromatic rings. The molecule has 0 bridgehead atoms. The Morgan fingerprint density at radius 1 is 0.933 bits per heavy atom. The van der Waals surface area contributed by atoms with Crippen LogP contribution < -0.4 is 10.7 Å². The Morgan fingerprint density at radius 3 is 2.03 bits per heavy atom. The maximum atomic E-state index is 9.76. The van der Waals surface area contributed by atoms with Gasteiger partial charge in [-0.3, -0.25) is 5.43 Å². The van der Waals surface area contributed by atoms with Gasteiger partial charge in [-0.05, 0) is 36.8 Å². The summed E-state index contributed by atoms with van der Waals surface area (Å²) in [5.74, 6) is 0.185. The number of benzene rings is 1. The van der Waals surface area contributed by atoms with Gasteiger partial charge in [0.05, 0.1) is 6.21 Å². The molecule has 1 aromatic carbocycles. The zero-order valence-corrected chi connectivity index (χ0v) is 21.0. The second-order valence-corrected chi connectivity index (χ2v) is 9.25. The molecule has 0 saturated heterocycles. The van der Waals surface area contributed by atoms with Gasteiger partial charge in [-0.15, -0.1) is 0 Å². The lowest BCUT2D eigenvalue weighted by Gasteiger charge is -2.07. The van der Waals surface area contributed by atoms with Crippen LogP contribution in [0.3, 0.4) is 0 Å². The van der Waals surface area contributed by atoms with Gasteiger partial charge in [0.2, 0.25) is 0 Å². The minimum atomic E-state index is 0.185. The molecule has 1 rings (SSSR count). The molecule has 0 spiro atoms. The van der Waals surface area contributed by atoms with Crippen molar-refractivity contribution >= 4 is 39.5 Å². The first-order valence-electron chi connectivity index (χ1n) is 11.7. The quantitative estimate of drug-likeness (QED) is 0.0905. The van der Waals surface area contributed by atoms with Gasteiger partial charge in [0.1, 0.15) is 5.75 Å². The SMILES string of the molecule is CCCCCCCCCCCCCCCCNC(=S)N/N=C/c1cc(Br)ccc1O. The summed E-state index contributed by atoms with van der Waals surface area (Å²) in [6.45, 7) is 3.14. The van der Waals surface area contributed by atoms with Crippen molar-refractivity contribution in [2.45, 2.75) is 96.8 Å². The monoisotopic (exact) mass is 497 g/mol. The van der Waals surface area contributed by atoms with Crippen molar-refractivity contribution in [1.82, 2.24) is 10.7 Å². The van der Waals surface area contributed by atoms with Crippen LogP contribution in [0.15, 0.2) is 27.8 Å². The summed E-state index contributed by atoms with van der Waals surface area (Å²) in [6, 6.07) is 5.20. The number of nitrogens with zero attached hydrogens (tertiary/aromatic N) is 1.